The number of benzene rings is 1. The summed E-state index contributed by atoms with van der Waals surface area (Å²) in [5.41, 5.74) is 2.53. The van der Waals surface area contributed by atoms with Crippen LogP contribution in [0.15, 0.2) is 28.7 Å². The van der Waals surface area contributed by atoms with Crippen molar-refractivity contribution < 1.29 is 4.42 Å². The molecule has 108 valence electrons. The van der Waals surface area contributed by atoms with E-state index >= 15 is 0 Å². The van der Waals surface area contributed by atoms with Gasteiger partial charge >= 0.3 is 0 Å². The summed E-state index contributed by atoms with van der Waals surface area (Å²) in [6, 6.07) is 9.19. The van der Waals surface area contributed by atoms with Crippen LogP contribution in [-0.4, -0.2) is 24.0 Å². The van der Waals surface area contributed by atoms with Gasteiger partial charge < -0.3 is 9.32 Å². The van der Waals surface area contributed by atoms with E-state index in [9.17, 15) is 0 Å². The second kappa shape index (κ2) is 6.01. The molecule has 1 atom stereocenters. The van der Waals surface area contributed by atoms with Gasteiger partial charge in [-0.1, -0.05) is 32.0 Å². The van der Waals surface area contributed by atoms with Crippen LogP contribution in [0.3, 0.4) is 0 Å². The first-order chi connectivity index (χ1) is 9.83. The Morgan fingerprint density at radius 3 is 2.65 bits per heavy atom. The monoisotopic (exact) mass is 271 g/mol. The molecule has 1 aliphatic rings. The van der Waals surface area contributed by atoms with Crippen LogP contribution in [-0.2, 0) is 12.8 Å². The van der Waals surface area contributed by atoms with Gasteiger partial charge in [-0.2, -0.15) is 0 Å². The van der Waals surface area contributed by atoms with Gasteiger partial charge in [0.25, 0.3) is 0 Å². The van der Waals surface area contributed by atoms with Crippen LogP contribution in [0, 0.1) is 0 Å². The summed E-state index contributed by atoms with van der Waals surface area (Å²) in [5, 5.41) is 1.33. The maximum absolute atomic E-state index is 6.02. The van der Waals surface area contributed by atoms with Gasteiger partial charge in [0.15, 0.2) is 0 Å². The van der Waals surface area contributed by atoms with Crippen molar-refractivity contribution in [2.24, 2.45) is 0 Å². The molecule has 0 saturated heterocycles. The lowest BCUT2D eigenvalue weighted by Crippen LogP contribution is -2.40. The van der Waals surface area contributed by atoms with Crippen LogP contribution < -0.4 is 0 Å². The van der Waals surface area contributed by atoms with Crippen molar-refractivity contribution in [2.75, 3.05) is 13.1 Å². The zero-order valence-corrected chi connectivity index (χ0v) is 12.7. The fourth-order valence-electron chi connectivity index (χ4n) is 3.57. The first kappa shape index (κ1) is 13.7. The minimum atomic E-state index is 0.698. The standard InChI is InChI=1S/C18H25NO/c1-3-11-19(12-4-2)14-9-10-18-16(13-14)15-7-5-6-8-17(15)20-18/h5-8,14H,3-4,9-13H2,1-2H3. The van der Waals surface area contributed by atoms with Gasteiger partial charge in [-0.3, -0.25) is 0 Å². The molecule has 0 saturated carbocycles. The molecule has 1 heterocycles. The van der Waals surface area contributed by atoms with Gasteiger partial charge in [0.05, 0.1) is 0 Å². The van der Waals surface area contributed by atoms with Crippen LogP contribution in [0.5, 0.6) is 0 Å². The highest BCUT2D eigenvalue weighted by Crippen LogP contribution is 2.33. The molecule has 0 bridgehead atoms. The first-order valence-electron chi connectivity index (χ1n) is 8.06. The average Bonchev–Trinajstić information content (AvgIpc) is 2.85. The fourth-order valence-corrected chi connectivity index (χ4v) is 3.57. The summed E-state index contributed by atoms with van der Waals surface area (Å²) >= 11 is 0. The van der Waals surface area contributed by atoms with Crippen molar-refractivity contribution in [1.29, 1.82) is 0 Å². The third-order valence-electron chi connectivity index (χ3n) is 4.46. The number of nitrogens with zero attached hydrogens (tertiary/aromatic N) is 1. The number of hydrogen-bond acceptors (Lipinski definition) is 2. The number of rotatable bonds is 5. The summed E-state index contributed by atoms with van der Waals surface area (Å²) in [4.78, 5) is 2.69. The van der Waals surface area contributed by atoms with Gasteiger partial charge in [0.1, 0.15) is 11.3 Å². The highest BCUT2D eigenvalue weighted by molar-refractivity contribution is 5.82. The first-order valence-corrected chi connectivity index (χ1v) is 8.06. The quantitative estimate of drug-likeness (QED) is 0.800. The zero-order chi connectivity index (χ0) is 13.9. The zero-order valence-electron chi connectivity index (χ0n) is 12.7. The lowest BCUT2D eigenvalue weighted by atomic mass is 9.90. The molecule has 1 aromatic heterocycles. The predicted molar refractivity (Wildman–Crippen MR) is 84.2 cm³/mol. The molecule has 1 aliphatic carbocycles. The van der Waals surface area contributed by atoms with E-state index in [2.05, 4.69) is 43.0 Å². The van der Waals surface area contributed by atoms with E-state index < -0.39 is 0 Å². The van der Waals surface area contributed by atoms with Crippen molar-refractivity contribution >= 4 is 11.0 Å². The fraction of sp³-hybridized carbons (Fsp3) is 0.556. The minimum absolute atomic E-state index is 0.698. The molecule has 0 spiro atoms. The van der Waals surface area contributed by atoms with Crippen molar-refractivity contribution in [1.82, 2.24) is 4.90 Å². The largest absolute Gasteiger partial charge is 0.461 e. The number of furan rings is 1. The van der Waals surface area contributed by atoms with Crippen LogP contribution in [0.4, 0.5) is 0 Å². The highest BCUT2D eigenvalue weighted by atomic mass is 16.3. The van der Waals surface area contributed by atoms with Crippen molar-refractivity contribution in [3.8, 4) is 0 Å². The molecule has 1 unspecified atom stereocenters. The van der Waals surface area contributed by atoms with E-state index in [1.165, 1.54) is 49.1 Å². The van der Waals surface area contributed by atoms with E-state index in [0.29, 0.717) is 6.04 Å². The van der Waals surface area contributed by atoms with Gasteiger partial charge in [0.2, 0.25) is 0 Å². The molecule has 0 radical (unpaired) electrons. The van der Waals surface area contributed by atoms with Crippen molar-refractivity contribution in [3.63, 3.8) is 0 Å². The third kappa shape index (κ3) is 2.49. The maximum atomic E-state index is 6.02. The molecule has 0 fully saturated rings. The van der Waals surface area contributed by atoms with Crippen molar-refractivity contribution in [2.45, 2.75) is 52.0 Å². The van der Waals surface area contributed by atoms with E-state index in [1.54, 1.807) is 0 Å². The Labute approximate surface area is 121 Å². The summed E-state index contributed by atoms with van der Waals surface area (Å²) in [6.07, 6.45) is 5.99. The van der Waals surface area contributed by atoms with E-state index in [0.717, 1.165) is 18.4 Å². The van der Waals surface area contributed by atoms with Crippen LogP contribution >= 0.6 is 0 Å². The van der Waals surface area contributed by atoms with E-state index in [1.807, 2.05) is 0 Å². The topological polar surface area (TPSA) is 16.4 Å². The third-order valence-corrected chi connectivity index (χ3v) is 4.46. The summed E-state index contributed by atoms with van der Waals surface area (Å²) in [7, 11) is 0. The Kier molecular flexibility index (Phi) is 4.11. The second-order valence-electron chi connectivity index (χ2n) is 5.93. The molecule has 0 amide bonds. The summed E-state index contributed by atoms with van der Waals surface area (Å²) in [5.74, 6) is 1.23. The van der Waals surface area contributed by atoms with Crippen LogP contribution in [0.1, 0.15) is 44.4 Å². The highest BCUT2D eigenvalue weighted by Gasteiger charge is 2.27. The maximum Gasteiger partial charge on any atom is 0.134 e. The number of hydrogen-bond donors (Lipinski definition) is 0. The van der Waals surface area contributed by atoms with Gasteiger partial charge in [0, 0.05) is 23.4 Å². The summed E-state index contributed by atoms with van der Waals surface area (Å²) in [6.45, 7) is 7.02. The van der Waals surface area contributed by atoms with Gasteiger partial charge in [-0.05, 0) is 44.8 Å². The lowest BCUT2D eigenvalue weighted by Gasteiger charge is -2.33. The van der Waals surface area contributed by atoms with Crippen LogP contribution in [0.25, 0.3) is 11.0 Å². The second-order valence-corrected chi connectivity index (χ2v) is 5.93. The molecule has 2 aromatic rings. The lowest BCUT2D eigenvalue weighted by molar-refractivity contribution is 0.177. The predicted octanol–water partition coefficient (Wildman–Crippen LogP) is 4.41. The molecule has 3 rings (SSSR count). The van der Waals surface area contributed by atoms with E-state index in [4.69, 9.17) is 4.42 Å². The molecular weight excluding hydrogens is 246 g/mol. The minimum Gasteiger partial charge on any atom is -0.461 e. The molecule has 0 aliphatic heterocycles. The molecule has 0 N–H and O–H groups in total. The van der Waals surface area contributed by atoms with Gasteiger partial charge in [-0.15, -0.1) is 0 Å². The molecule has 1 aromatic carbocycles. The number of fused-ring (bicyclic) bond motifs is 3. The Morgan fingerprint density at radius 2 is 1.90 bits per heavy atom. The SMILES string of the molecule is CCCN(CCC)C1CCc2oc3ccccc3c2C1. The van der Waals surface area contributed by atoms with E-state index in [-0.39, 0.29) is 0 Å². The number of aryl methyl sites for hydroxylation is 1. The van der Waals surface area contributed by atoms with Crippen molar-refractivity contribution in [3.05, 3.63) is 35.6 Å². The van der Waals surface area contributed by atoms with Gasteiger partial charge in [-0.25, -0.2) is 0 Å². The molecular formula is C18H25NO. The molecule has 20 heavy (non-hydrogen) atoms. The Morgan fingerprint density at radius 1 is 1.15 bits per heavy atom. The Bertz CT molecular complexity index is 566. The number of para-hydroxylation sites is 1. The summed E-state index contributed by atoms with van der Waals surface area (Å²) < 4.78 is 6.02. The normalized spacial score (nSPS) is 18.6. The molecule has 2 nitrogen and oxygen atoms in total. The Hall–Kier alpha value is -1.28. The average molecular weight is 271 g/mol. The smallest absolute Gasteiger partial charge is 0.134 e. The Balaban J connectivity index is 1.86. The van der Waals surface area contributed by atoms with Crippen LogP contribution in [0.2, 0.25) is 0 Å². The molecule has 2 heteroatoms.